The molecule has 4 aliphatic rings. The molecule has 126 valence electrons. The first-order valence-corrected chi connectivity index (χ1v) is 9.21. The number of hydrogen-bond acceptors (Lipinski definition) is 2. The lowest BCUT2D eigenvalue weighted by molar-refractivity contribution is -0.136. The molecule has 0 radical (unpaired) electrons. The van der Waals surface area contributed by atoms with E-state index in [-0.39, 0.29) is 29.8 Å². The number of carbonyl (C=O) groups is 2. The van der Waals surface area contributed by atoms with Crippen molar-refractivity contribution in [2.45, 2.75) is 69.8 Å². The van der Waals surface area contributed by atoms with Crippen molar-refractivity contribution in [1.82, 2.24) is 0 Å². The predicted octanol–water partition coefficient (Wildman–Crippen LogP) is 4.40. The molecule has 0 aromatic rings. The molecule has 0 aromatic heterocycles. The molecule has 0 heterocycles. The molecule has 6 atom stereocenters. The highest BCUT2D eigenvalue weighted by molar-refractivity contribution is 6.26. The molecule has 3 fully saturated rings. The van der Waals surface area contributed by atoms with Crippen LogP contribution in [0.25, 0.3) is 0 Å². The summed E-state index contributed by atoms with van der Waals surface area (Å²) in [6.45, 7) is 4.00. The standard InChI is InChI=1S/C19H24ClFO2/c1-17-10-15(21)19(20)14(13(17)5-6-16(17)23)4-3-11-9-12(22)7-8-18(11,19)2/h9,13-15H,3-8,10H2,1-2H3/t13-,14-,15?,17-,18-,19+/m0/s1. The number of allylic oxidation sites excluding steroid dienone is 1. The Morgan fingerprint density at radius 3 is 2.57 bits per heavy atom. The van der Waals surface area contributed by atoms with Gasteiger partial charge in [-0.15, -0.1) is 11.6 Å². The minimum atomic E-state index is -1.20. The zero-order valence-corrected chi connectivity index (χ0v) is 14.6. The minimum absolute atomic E-state index is 0.0275. The number of fused-ring (bicyclic) bond motifs is 5. The van der Waals surface area contributed by atoms with Crippen LogP contribution in [0.4, 0.5) is 4.39 Å². The highest BCUT2D eigenvalue weighted by atomic mass is 35.5. The molecule has 4 heteroatoms. The molecular weight excluding hydrogens is 315 g/mol. The molecule has 23 heavy (non-hydrogen) atoms. The third-order valence-electron chi connectivity index (χ3n) is 7.71. The Labute approximate surface area is 141 Å². The van der Waals surface area contributed by atoms with E-state index in [0.717, 1.165) is 24.8 Å². The van der Waals surface area contributed by atoms with Gasteiger partial charge >= 0.3 is 0 Å². The van der Waals surface area contributed by atoms with Crippen molar-refractivity contribution in [3.05, 3.63) is 11.6 Å². The third kappa shape index (κ3) is 1.75. The second-order valence-electron chi connectivity index (χ2n) is 8.54. The summed E-state index contributed by atoms with van der Waals surface area (Å²) in [5, 5.41) is 0. The molecule has 4 rings (SSSR count). The maximum Gasteiger partial charge on any atom is 0.155 e. The van der Waals surface area contributed by atoms with Gasteiger partial charge in [-0.2, -0.15) is 0 Å². The molecule has 0 bridgehead atoms. The minimum Gasteiger partial charge on any atom is -0.299 e. The molecule has 0 N–H and O–H groups in total. The lowest BCUT2D eigenvalue weighted by Crippen LogP contribution is -2.65. The number of Topliss-reactive ketones (excluding diaryl/α,β-unsaturated/α-hetero) is 1. The van der Waals surface area contributed by atoms with Gasteiger partial charge in [-0.1, -0.05) is 19.4 Å². The van der Waals surface area contributed by atoms with Crippen molar-refractivity contribution in [3.63, 3.8) is 0 Å². The monoisotopic (exact) mass is 338 g/mol. The number of alkyl halides is 2. The Balaban J connectivity index is 1.83. The van der Waals surface area contributed by atoms with E-state index in [1.165, 1.54) is 0 Å². The lowest BCUT2D eigenvalue weighted by Gasteiger charge is -2.62. The van der Waals surface area contributed by atoms with E-state index >= 15 is 4.39 Å². The van der Waals surface area contributed by atoms with Crippen molar-refractivity contribution in [2.24, 2.45) is 22.7 Å². The Morgan fingerprint density at radius 2 is 1.83 bits per heavy atom. The molecular formula is C19H24ClFO2. The van der Waals surface area contributed by atoms with E-state index in [2.05, 4.69) is 6.92 Å². The van der Waals surface area contributed by atoms with Crippen LogP contribution in [-0.4, -0.2) is 22.6 Å². The predicted molar refractivity (Wildman–Crippen MR) is 87.1 cm³/mol. The average molecular weight is 339 g/mol. The first kappa shape index (κ1) is 15.8. The van der Waals surface area contributed by atoms with Crippen molar-refractivity contribution in [2.75, 3.05) is 0 Å². The summed E-state index contributed by atoms with van der Waals surface area (Å²) in [6.07, 6.45) is 4.88. The molecule has 1 unspecified atom stereocenters. The van der Waals surface area contributed by atoms with Crippen molar-refractivity contribution >= 4 is 23.2 Å². The molecule has 0 aliphatic heterocycles. The number of halogens is 2. The summed E-state index contributed by atoms with van der Waals surface area (Å²) in [5.41, 5.74) is 0.0399. The zero-order valence-electron chi connectivity index (χ0n) is 13.8. The topological polar surface area (TPSA) is 34.1 Å². The molecule has 0 aromatic carbocycles. The maximum absolute atomic E-state index is 15.5. The average Bonchev–Trinajstić information content (AvgIpc) is 2.77. The first-order valence-electron chi connectivity index (χ1n) is 8.83. The summed E-state index contributed by atoms with van der Waals surface area (Å²) in [7, 11) is 0. The number of ketones is 2. The van der Waals surface area contributed by atoms with Gasteiger partial charge in [0.1, 0.15) is 12.0 Å². The summed E-state index contributed by atoms with van der Waals surface area (Å²) >= 11 is 7.13. The quantitative estimate of drug-likeness (QED) is 0.613. The zero-order chi connectivity index (χ0) is 16.6. The fourth-order valence-electron chi connectivity index (χ4n) is 6.28. The summed E-state index contributed by atoms with van der Waals surface area (Å²) in [5.74, 6) is 0.577. The van der Waals surface area contributed by atoms with Crippen LogP contribution in [0, 0.1) is 22.7 Å². The van der Waals surface area contributed by atoms with Crippen LogP contribution in [-0.2, 0) is 9.59 Å². The van der Waals surface area contributed by atoms with Gasteiger partial charge in [-0.3, -0.25) is 9.59 Å². The van der Waals surface area contributed by atoms with E-state index in [0.29, 0.717) is 19.3 Å². The lowest BCUT2D eigenvalue weighted by atomic mass is 9.46. The van der Waals surface area contributed by atoms with Crippen LogP contribution in [0.5, 0.6) is 0 Å². The van der Waals surface area contributed by atoms with Gasteiger partial charge in [0.05, 0.1) is 4.87 Å². The number of carbonyl (C=O) groups excluding carboxylic acids is 2. The first-order chi connectivity index (χ1) is 10.7. The number of rotatable bonds is 0. The van der Waals surface area contributed by atoms with Gasteiger partial charge in [0, 0.05) is 23.7 Å². The molecule has 3 saturated carbocycles. The van der Waals surface area contributed by atoms with Crippen LogP contribution >= 0.6 is 11.6 Å². The van der Waals surface area contributed by atoms with Gasteiger partial charge in [0.2, 0.25) is 0 Å². The van der Waals surface area contributed by atoms with E-state index in [1.54, 1.807) is 6.08 Å². The highest BCUT2D eigenvalue weighted by Crippen LogP contribution is 2.69. The molecule has 0 amide bonds. The Hall–Kier alpha value is -0.700. The second kappa shape index (κ2) is 4.68. The van der Waals surface area contributed by atoms with Gasteiger partial charge in [0.15, 0.2) is 5.78 Å². The normalized spacial score (nSPS) is 52.5. The Bertz CT molecular complexity index is 629. The largest absolute Gasteiger partial charge is 0.299 e. The molecule has 2 nitrogen and oxygen atoms in total. The smallest absolute Gasteiger partial charge is 0.155 e. The van der Waals surface area contributed by atoms with Gasteiger partial charge in [0.25, 0.3) is 0 Å². The maximum atomic E-state index is 15.5. The number of hydrogen-bond donors (Lipinski definition) is 0. The molecule has 4 aliphatic carbocycles. The van der Waals surface area contributed by atoms with E-state index in [4.69, 9.17) is 11.6 Å². The van der Waals surface area contributed by atoms with E-state index < -0.39 is 21.9 Å². The summed E-state index contributed by atoms with van der Waals surface area (Å²) < 4.78 is 15.5. The summed E-state index contributed by atoms with van der Waals surface area (Å²) in [4.78, 5) is 23.3. The van der Waals surface area contributed by atoms with Crippen LogP contribution in [0.2, 0.25) is 0 Å². The highest BCUT2D eigenvalue weighted by Gasteiger charge is 2.69. The summed E-state index contributed by atoms with van der Waals surface area (Å²) in [6, 6.07) is 0. The van der Waals surface area contributed by atoms with Crippen LogP contribution in [0.1, 0.15) is 58.8 Å². The SMILES string of the molecule is C[C@]12CCC(=O)C=C1CC[C@H]1[C@@H]3CCC(=O)[C@@]3(C)CC(F)[C@]12Cl. The van der Waals surface area contributed by atoms with Crippen LogP contribution in [0.15, 0.2) is 11.6 Å². The third-order valence-corrected chi connectivity index (χ3v) is 8.64. The van der Waals surface area contributed by atoms with Crippen LogP contribution < -0.4 is 0 Å². The van der Waals surface area contributed by atoms with E-state index in [9.17, 15) is 9.59 Å². The van der Waals surface area contributed by atoms with Crippen LogP contribution in [0.3, 0.4) is 0 Å². The molecule has 0 spiro atoms. The van der Waals surface area contributed by atoms with E-state index in [1.807, 2.05) is 6.92 Å². The van der Waals surface area contributed by atoms with Gasteiger partial charge < -0.3 is 0 Å². The fourth-order valence-corrected chi connectivity index (χ4v) is 6.83. The van der Waals surface area contributed by atoms with Crippen molar-refractivity contribution in [3.8, 4) is 0 Å². The Morgan fingerprint density at radius 1 is 1.13 bits per heavy atom. The van der Waals surface area contributed by atoms with Gasteiger partial charge in [-0.05, 0) is 50.0 Å². The van der Waals surface area contributed by atoms with Crippen molar-refractivity contribution in [1.29, 1.82) is 0 Å². The second-order valence-corrected chi connectivity index (χ2v) is 9.16. The van der Waals surface area contributed by atoms with Crippen molar-refractivity contribution < 1.29 is 14.0 Å². The molecule has 0 saturated heterocycles. The van der Waals surface area contributed by atoms with Gasteiger partial charge in [-0.25, -0.2) is 4.39 Å². The fraction of sp³-hybridized carbons (Fsp3) is 0.789. The Kier molecular flexibility index (Phi) is 3.22.